The van der Waals surface area contributed by atoms with Gasteiger partial charge in [-0.05, 0) is 43.9 Å². The first-order valence-electron chi connectivity index (χ1n) is 9.08. The van der Waals surface area contributed by atoms with Crippen molar-refractivity contribution in [2.24, 2.45) is 17.8 Å². The molecule has 1 aliphatic carbocycles. The van der Waals surface area contributed by atoms with Crippen molar-refractivity contribution in [2.45, 2.75) is 65.5 Å². The molecule has 1 saturated carbocycles. The van der Waals surface area contributed by atoms with Crippen LogP contribution in [0, 0.1) is 17.8 Å². The molecule has 5 nitrogen and oxygen atoms in total. The van der Waals surface area contributed by atoms with Crippen molar-refractivity contribution < 1.29 is 18.5 Å². The fourth-order valence-electron chi connectivity index (χ4n) is 3.30. The highest BCUT2D eigenvalue weighted by atomic mass is 32.2. The van der Waals surface area contributed by atoms with Gasteiger partial charge in [-0.3, -0.25) is 9.00 Å². The molecule has 1 rings (SSSR count). The minimum absolute atomic E-state index is 0.118. The van der Waals surface area contributed by atoms with Gasteiger partial charge in [0.25, 0.3) is 0 Å². The van der Waals surface area contributed by atoms with Gasteiger partial charge in [-0.1, -0.05) is 33.8 Å². The molecule has 0 saturated heterocycles. The van der Waals surface area contributed by atoms with Gasteiger partial charge in [0.1, 0.15) is 12.1 Å². The van der Waals surface area contributed by atoms with Crippen molar-refractivity contribution >= 4 is 22.7 Å². The fraction of sp³-hybridized carbons (Fsp3) is 0.789. The van der Waals surface area contributed by atoms with Crippen LogP contribution in [0.5, 0.6) is 0 Å². The van der Waals surface area contributed by atoms with Crippen LogP contribution in [0.2, 0.25) is 0 Å². The normalized spacial score (nSPS) is 25.9. The van der Waals surface area contributed by atoms with Gasteiger partial charge in [0, 0.05) is 28.4 Å². The molecular weight excluding hydrogens is 338 g/mol. The number of carbonyl (C=O) groups is 2. The summed E-state index contributed by atoms with van der Waals surface area (Å²) in [6, 6.07) is -0.779. The zero-order valence-electron chi connectivity index (χ0n) is 16.2. The predicted octanol–water partition coefficient (Wildman–Crippen LogP) is 2.82. The van der Waals surface area contributed by atoms with Crippen molar-refractivity contribution in [1.29, 1.82) is 0 Å². The molecule has 6 heteroatoms. The van der Waals surface area contributed by atoms with Crippen LogP contribution in [0.3, 0.4) is 0 Å². The number of nitrogens with one attached hydrogen (secondary N) is 1. The molecule has 0 radical (unpaired) electrons. The van der Waals surface area contributed by atoms with E-state index in [-0.39, 0.29) is 12.0 Å². The number of carbonyl (C=O) groups excluding carboxylic acids is 2. The number of amides is 1. The molecule has 0 aromatic carbocycles. The van der Waals surface area contributed by atoms with Gasteiger partial charge in [-0.15, -0.1) is 0 Å². The van der Waals surface area contributed by atoms with Crippen LogP contribution in [0.1, 0.15) is 53.4 Å². The molecule has 1 amide bonds. The van der Waals surface area contributed by atoms with E-state index in [1.807, 2.05) is 0 Å². The minimum Gasteiger partial charge on any atom is -0.461 e. The van der Waals surface area contributed by atoms with Crippen molar-refractivity contribution in [1.82, 2.24) is 5.32 Å². The molecule has 1 fully saturated rings. The molecule has 2 unspecified atom stereocenters. The van der Waals surface area contributed by atoms with E-state index < -0.39 is 22.8 Å². The monoisotopic (exact) mass is 371 g/mol. The van der Waals surface area contributed by atoms with Crippen LogP contribution in [0.25, 0.3) is 0 Å². The topological polar surface area (TPSA) is 72.5 Å². The summed E-state index contributed by atoms with van der Waals surface area (Å²) in [5.74, 6) is 0.852. The third-order valence-corrected chi connectivity index (χ3v) is 5.71. The molecule has 0 aromatic rings. The van der Waals surface area contributed by atoms with Crippen LogP contribution in [-0.4, -0.2) is 40.2 Å². The predicted molar refractivity (Wildman–Crippen MR) is 102 cm³/mol. The molecule has 1 N–H and O–H groups in total. The first kappa shape index (κ1) is 21.9. The maximum atomic E-state index is 12.7. The van der Waals surface area contributed by atoms with E-state index in [2.05, 4.69) is 32.7 Å². The lowest BCUT2D eigenvalue weighted by Crippen LogP contribution is -2.46. The standard InChI is InChI=1S/C19H33NO4S/c1-12(2)15-8-7-14(5)11-17(15)24-19(22)16(9-10-25(6)23)20-18(21)13(3)4/h12,14-17H,3,7-11H2,1-2,4-6H3,(H,20,21)/t14?,15?,16-,17-,25+/m0/s1. The number of ether oxygens (including phenoxy) is 1. The zero-order chi connectivity index (χ0) is 19.1. The molecule has 25 heavy (non-hydrogen) atoms. The smallest absolute Gasteiger partial charge is 0.328 e. The highest BCUT2D eigenvalue weighted by Crippen LogP contribution is 2.35. The Morgan fingerprint density at radius 1 is 1.32 bits per heavy atom. The number of rotatable bonds is 8. The van der Waals surface area contributed by atoms with Crippen LogP contribution >= 0.6 is 0 Å². The molecule has 0 aromatic heterocycles. The third kappa shape index (κ3) is 7.30. The van der Waals surface area contributed by atoms with Gasteiger partial charge >= 0.3 is 5.97 Å². The van der Waals surface area contributed by atoms with E-state index in [0.29, 0.717) is 35.5 Å². The summed E-state index contributed by atoms with van der Waals surface area (Å²) in [6.45, 7) is 11.7. The second-order valence-electron chi connectivity index (χ2n) is 7.67. The van der Waals surface area contributed by atoms with Crippen LogP contribution < -0.4 is 5.32 Å². The molecule has 0 heterocycles. The van der Waals surface area contributed by atoms with Gasteiger partial charge in [0.05, 0.1) is 0 Å². The van der Waals surface area contributed by atoms with Crippen molar-refractivity contribution in [2.75, 3.05) is 12.0 Å². The Hall–Kier alpha value is -1.17. The van der Waals surface area contributed by atoms with E-state index in [1.54, 1.807) is 13.2 Å². The summed E-state index contributed by atoms with van der Waals surface area (Å²) in [5, 5.41) is 2.67. The summed E-state index contributed by atoms with van der Waals surface area (Å²) in [5.41, 5.74) is 0.335. The van der Waals surface area contributed by atoms with Crippen molar-refractivity contribution in [3.8, 4) is 0 Å². The first-order valence-corrected chi connectivity index (χ1v) is 10.8. The molecule has 0 bridgehead atoms. The summed E-state index contributed by atoms with van der Waals surface area (Å²) >= 11 is 0. The molecule has 1 aliphatic rings. The summed E-state index contributed by atoms with van der Waals surface area (Å²) < 4.78 is 17.2. The Kier molecular flexibility index (Phi) is 8.83. The SMILES string of the molecule is C=C(C)C(=O)N[C@@H](CC[S@@](C)=O)C(=O)O[C@H]1CC(C)CCC1C(C)C. The lowest BCUT2D eigenvalue weighted by atomic mass is 9.75. The Balaban J connectivity index is 2.81. The molecular formula is C19H33NO4S. The average Bonchev–Trinajstić information content (AvgIpc) is 2.50. The third-order valence-electron chi connectivity index (χ3n) is 4.90. The lowest BCUT2D eigenvalue weighted by Gasteiger charge is -2.37. The van der Waals surface area contributed by atoms with E-state index >= 15 is 0 Å². The molecule has 0 spiro atoms. The van der Waals surface area contributed by atoms with Gasteiger partial charge in [-0.2, -0.15) is 0 Å². The summed E-state index contributed by atoms with van der Waals surface area (Å²) in [4.78, 5) is 24.6. The second-order valence-corrected chi connectivity index (χ2v) is 9.23. The largest absolute Gasteiger partial charge is 0.461 e. The summed E-state index contributed by atoms with van der Waals surface area (Å²) in [6.07, 6.45) is 4.83. The average molecular weight is 372 g/mol. The number of hydrogen-bond donors (Lipinski definition) is 1. The first-order chi connectivity index (χ1) is 11.6. The Bertz CT molecular complexity index is 518. The van der Waals surface area contributed by atoms with Crippen LogP contribution in [0.15, 0.2) is 12.2 Å². The van der Waals surface area contributed by atoms with Crippen LogP contribution in [-0.2, 0) is 25.1 Å². The van der Waals surface area contributed by atoms with E-state index in [1.165, 1.54) is 0 Å². The quantitative estimate of drug-likeness (QED) is 0.526. The van der Waals surface area contributed by atoms with Gasteiger partial charge < -0.3 is 10.1 Å². The van der Waals surface area contributed by atoms with Crippen molar-refractivity contribution in [3.63, 3.8) is 0 Å². The lowest BCUT2D eigenvalue weighted by molar-refractivity contribution is -0.159. The molecule has 5 atom stereocenters. The molecule has 0 aliphatic heterocycles. The highest BCUT2D eigenvalue weighted by molar-refractivity contribution is 7.84. The molecule has 144 valence electrons. The van der Waals surface area contributed by atoms with Crippen LogP contribution in [0.4, 0.5) is 0 Å². The van der Waals surface area contributed by atoms with Gasteiger partial charge in [0.2, 0.25) is 5.91 Å². The van der Waals surface area contributed by atoms with E-state index in [9.17, 15) is 13.8 Å². The summed E-state index contributed by atoms with van der Waals surface area (Å²) in [7, 11) is -1.04. The van der Waals surface area contributed by atoms with Crippen molar-refractivity contribution in [3.05, 3.63) is 12.2 Å². The Morgan fingerprint density at radius 2 is 1.96 bits per heavy atom. The Morgan fingerprint density at radius 3 is 2.48 bits per heavy atom. The van der Waals surface area contributed by atoms with Gasteiger partial charge in [0.15, 0.2) is 0 Å². The fourth-order valence-corrected chi connectivity index (χ4v) is 3.86. The van der Waals surface area contributed by atoms with E-state index in [0.717, 1.165) is 19.3 Å². The number of esters is 1. The number of hydrogen-bond acceptors (Lipinski definition) is 4. The maximum Gasteiger partial charge on any atom is 0.328 e. The van der Waals surface area contributed by atoms with Gasteiger partial charge in [-0.25, -0.2) is 4.79 Å². The Labute approximate surface area is 154 Å². The zero-order valence-corrected chi connectivity index (χ0v) is 17.0. The maximum absolute atomic E-state index is 12.7. The highest BCUT2D eigenvalue weighted by Gasteiger charge is 2.35. The second kappa shape index (κ2) is 10.1. The van der Waals surface area contributed by atoms with E-state index in [4.69, 9.17) is 4.74 Å². The minimum atomic E-state index is -1.04.